The summed E-state index contributed by atoms with van der Waals surface area (Å²) in [6, 6.07) is 14.5. The van der Waals surface area contributed by atoms with E-state index >= 15 is 0 Å². The fourth-order valence-electron chi connectivity index (χ4n) is 12.0. The normalized spacial score (nSPS) is 21.1. The first-order valence-corrected chi connectivity index (χ1v) is 25.4. The predicted molar refractivity (Wildman–Crippen MR) is 273 cm³/mol. The van der Waals surface area contributed by atoms with Crippen LogP contribution in [-0.4, -0.2) is 144 Å². The van der Waals surface area contributed by atoms with Gasteiger partial charge in [-0.05, 0) is 90.3 Å². The highest BCUT2D eigenvalue weighted by atomic mass is 16.3. The fourth-order valence-corrected chi connectivity index (χ4v) is 12.0. The van der Waals surface area contributed by atoms with Crippen molar-refractivity contribution in [2.45, 2.75) is 84.8 Å². The minimum Gasteiger partial charge on any atom is -0.392 e. The Balaban J connectivity index is 0.684. The fraction of sp³-hybridized carbons (Fsp3) is 0.444. The molecule has 19 heteroatoms. The van der Waals surface area contributed by atoms with Crippen LogP contribution in [0.25, 0.3) is 11.1 Å². The standard InChI is InChI=1S/C54H62N12O7/c1-33-27-62(48(69)31-61-16-14-60(15-17-61)29-34-6-5-7-39-40(34)30-66(51(39)71)43-9-11-47(68)58-50(43)70)18-19-63(33)37-8-10-46(56-26-37)57-42-22-36(28-59(4)52(42)72)38-12-13-55-49(41(38)32-67)65-21-20-64-44(53(65)73)23-35-24-54(2,3)25-45(35)64/h5-8,10,12-13,22-23,26,28,33,43,67H,9,11,14-21,24-25,27,29-32H2,1-4H3,(H,56,57)(H,58,68,70)/t33-,43?/m0/s1. The second-order valence-electron chi connectivity index (χ2n) is 21.3. The number of carbonyl (C=O) groups is 5. The van der Waals surface area contributed by atoms with Crippen LogP contribution < -0.4 is 26.0 Å². The zero-order valence-corrected chi connectivity index (χ0v) is 41.9. The number of aliphatic hydroxyl groups is 1. The Morgan fingerprint density at radius 1 is 0.877 bits per heavy atom. The average molecular weight is 991 g/mol. The van der Waals surface area contributed by atoms with Gasteiger partial charge in [0.05, 0.1) is 25.0 Å². The third kappa shape index (κ3) is 9.07. The third-order valence-electron chi connectivity index (χ3n) is 15.8. The van der Waals surface area contributed by atoms with Gasteiger partial charge in [-0.3, -0.25) is 48.8 Å². The number of piperidine rings is 1. The van der Waals surface area contributed by atoms with Gasteiger partial charge in [0.25, 0.3) is 17.4 Å². The van der Waals surface area contributed by atoms with E-state index in [1.165, 1.54) is 15.8 Å². The number of benzene rings is 1. The molecule has 9 heterocycles. The van der Waals surface area contributed by atoms with Gasteiger partial charge in [-0.2, -0.15) is 0 Å². The number of aliphatic hydroxyl groups excluding tert-OH is 1. The van der Waals surface area contributed by atoms with Gasteiger partial charge >= 0.3 is 0 Å². The minimum absolute atomic E-state index is 0.0365. The number of hydrogen-bond acceptors (Lipinski definition) is 13. The van der Waals surface area contributed by atoms with Crippen LogP contribution in [0, 0.1) is 5.41 Å². The summed E-state index contributed by atoms with van der Waals surface area (Å²) in [5.74, 6) is -0.0458. The molecule has 0 radical (unpaired) electrons. The average Bonchev–Trinajstić information content (AvgIpc) is 4.00. The zero-order valence-electron chi connectivity index (χ0n) is 41.9. The SMILES string of the molecule is C[C@H]1CN(C(=O)CN2CCN(Cc3cccc4c3CN(C3CCC(=O)NC3=O)C4=O)CC2)CCN1c1ccc(Nc2cc(-c3ccnc(N4CCn5c(cc6c5CC(C)(C)C6)C4=O)c3CO)cn(C)c2=O)nc1. The van der Waals surface area contributed by atoms with Crippen LogP contribution in [0.4, 0.5) is 23.0 Å². The summed E-state index contributed by atoms with van der Waals surface area (Å²) < 4.78 is 3.64. The van der Waals surface area contributed by atoms with Crippen LogP contribution in [0.15, 0.2) is 71.9 Å². The first-order chi connectivity index (χ1) is 35.1. The highest BCUT2D eigenvalue weighted by Gasteiger charge is 2.41. The van der Waals surface area contributed by atoms with Crippen molar-refractivity contribution in [3.8, 4) is 11.1 Å². The van der Waals surface area contributed by atoms with Crippen molar-refractivity contribution < 1.29 is 29.1 Å². The molecule has 11 rings (SSSR count). The lowest BCUT2D eigenvalue weighted by molar-refractivity contribution is -0.137. The molecule has 5 aliphatic heterocycles. The number of anilines is 4. The quantitative estimate of drug-likeness (QED) is 0.163. The van der Waals surface area contributed by atoms with E-state index in [1.807, 2.05) is 41.3 Å². The lowest BCUT2D eigenvalue weighted by Crippen LogP contribution is -2.56. The van der Waals surface area contributed by atoms with E-state index in [2.05, 4.69) is 55.7 Å². The molecule has 0 saturated carbocycles. The number of hydrogen-bond donors (Lipinski definition) is 3. The van der Waals surface area contributed by atoms with Gasteiger partial charge in [0, 0.05) is 126 Å². The molecule has 3 N–H and O–H groups in total. The van der Waals surface area contributed by atoms with Crippen molar-refractivity contribution in [3.05, 3.63) is 117 Å². The van der Waals surface area contributed by atoms with E-state index in [0.29, 0.717) is 104 Å². The summed E-state index contributed by atoms with van der Waals surface area (Å²) in [6.45, 7) is 13.5. The molecular weight excluding hydrogens is 929 g/mol. The molecular formula is C54H62N12O7. The van der Waals surface area contributed by atoms with E-state index in [1.54, 1.807) is 47.6 Å². The number of rotatable bonds is 11. The van der Waals surface area contributed by atoms with Crippen LogP contribution in [0.1, 0.15) is 82.4 Å². The Kier molecular flexibility index (Phi) is 12.5. The summed E-state index contributed by atoms with van der Waals surface area (Å²) in [5, 5.41) is 16.4. The minimum atomic E-state index is -0.650. The smallest absolute Gasteiger partial charge is 0.276 e. The molecule has 0 spiro atoms. The molecule has 1 aliphatic carbocycles. The monoisotopic (exact) mass is 990 g/mol. The lowest BCUT2D eigenvalue weighted by Gasteiger charge is -2.42. The molecule has 2 atom stereocenters. The Morgan fingerprint density at radius 3 is 2.44 bits per heavy atom. The summed E-state index contributed by atoms with van der Waals surface area (Å²) in [5.41, 5.74) is 8.67. The number of imide groups is 1. The molecule has 0 bridgehead atoms. The molecule has 5 aromatic rings. The number of pyridine rings is 3. The molecule has 1 aromatic carbocycles. The van der Waals surface area contributed by atoms with Crippen molar-refractivity contribution in [2.24, 2.45) is 12.5 Å². The number of fused-ring (bicyclic) bond motifs is 4. The van der Waals surface area contributed by atoms with Crippen molar-refractivity contribution in [1.82, 2.24) is 44.0 Å². The third-order valence-corrected chi connectivity index (χ3v) is 15.8. The van der Waals surface area contributed by atoms with Crippen LogP contribution in [-0.2, 0) is 60.5 Å². The number of nitrogens with one attached hydrogen (secondary N) is 2. The van der Waals surface area contributed by atoms with E-state index in [9.17, 15) is 33.9 Å². The molecule has 3 saturated heterocycles. The van der Waals surface area contributed by atoms with E-state index in [0.717, 1.165) is 55.8 Å². The second kappa shape index (κ2) is 19.0. The number of nitrogens with zero attached hydrogens (tertiary/aromatic N) is 10. The van der Waals surface area contributed by atoms with Gasteiger partial charge in [0.15, 0.2) is 0 Å². The number of aromatic nitrogens is 4. The maximum Gasteiger partial charge on any atom is 0.276 e. The molecule has 4 aromatic heterocycles. The van der Waals surface area contributed by atoms with Crippen LogP contribution in [0.5, 0.6) is 0 Å². The van der Waals surface area contributed by atoms with Crippen LogP contribution in [0.2, 0.25) is 0 Å². The molecule has 19 nitrogen and oxygen atoms in total. The van der Waals surface area contributed by atoms with Gasteiger partial charge in [0.1, 0.15) is 29.1 Å². The van der Waals surface area contributed by atoms with Gasteiger partial charge < -0.3 is 34.3 Å². The van der Waals surface area contributed by atoms with E-state index < -0.39 is 11.9 Å². The highest BCUT2D eigenvalue weighted by molar-refractivity contribution is 6.07. The molecule has 380 valence electrons. The van der Waals surface area contributed by atoms with Crippen LogP contribution in [0.3, 0.4) is 0 Å². The Morgan fingerprint density at radius 2 is 1.68 bits per heavy atom. The summed E-state index contributed by atoms with van der Waals surface area (Å²) in [6.07, 6.45) is 7.55. The summed E-state index contributed by atoms with van der Waals surface area (Å²) in [4.78, 5) is 100. The zero-order chi connectivity index (χ0) is 50.9. The largest absolute Gasteiger partial charge is 0.392 e. The van der Waals surface area contributed by atoms with Crippen molar-refractivity contribution in [1.29, 1.82) is 0 Å². The molecule has 6 aliphatic rings. The lowest BCUT2D eigenvalue weighted by atomic mass is 9.90. The number of amides is 5. The van der Waals surface area contributed by atoms with Crippen molar-refractivity contribution in [3.63, 3.8) is 0 Å². The highest BCUT2D eigenvalue weighted by Crippen LogP contribution is 2.40. The van der Waals surface area contributed by atoms with Gasteiger partial charge in [-0.25, -0.2) is 9.97 Å². The molecule has 5 amide bonds. The number of carbonyl (C=O) groups excluding carboxylic acids is 5. The van der Waals surface area contributed by atoms with E-state index in [4.69, 9.17) is 4.98 Å². The van der Waals surface area contributed by atoms with Crippen molar-refractivity contribution >= 4 is 52.5 Å². The predicted octanol–water partition coefficient (Wildman–Crippen LogP) is 3.28. The number of aryl methyl sites for hydroxylation is 1. The van der Waals surface area contributed by atoms with E-state index in [-0.39, 0.29) is 53.7 Å². The number of piperazine rings is 2. The molecule has 3 fully saturated rings. The Labute approximate surface area is 423 Å². The van der Waals surface area contributed by atoms with Gasteiger partial charge in [0.2, 0.25) is 17.7 Å². The summed E-state index contributed by atoms with van der Waals surface area (Å²) >= 11 is 0. The van der Waals surface area contributed by atoms with Crippen molar-refractivity contribution in [2.75, 3.05) is 74.0 Å². The van der Waals surface area contributed by atoms with Gasteiger partial charge in [-0.1, -0.05) is 26.0 Å². The first kappa shape index (κ1) is 48.1. The molecule has 73 heavy (non-hydrogen) atoms. The first-order valence-electron chi connectivity index (χ1n) is 25.4. The topological polar surface area (TPSA) is 202 Å². The summed E-state index contributed by atoms with van der Waals surface area (Å²) in [7, 11) is 1.68. The Hall–Kier alpha value is -7.22. The second-order valence-corrected chi connectivity index (χ2v) is 21.3. The maximum absolute atomic E-state index is 14.0. The Bertz CT molecular complexity index is 3120. The van der Waals surface area contributed by atoms with Gasteiger partial charge in [-0.15, -0.1) is 0 Å². The maximum atomic E-state index is 14.0. The molecule has 1 unspecified atom stereocenters. The van der Waals surface area contributed by atoms with Crippen LogP contribution >= 0.6 is 0 Å².